The Morgan fingerprint density at radius 3 is 2.56 bits per heavy atom. The number of halogens is 1. The number of carbonyl (C=O) groups excluding carboxylic acids is 1. The first-order chi connectivity index (χ1) is 11.8. The molecule has 0 bridgehead atoms. The Morgan fingerprint density at radius 1 is 1.28 bits per heavy atom. The van der Waals surface area contributed by atoms with E-state index in [2.05, 4.69) is 4.98 Å². The average molecular weight is 381 g/mol. The highest BCUT2D eigenvalue weighted by Gasteiger charge is 2.18. The molecule has 0 atom stereocenters. The number of hydrogen-bond acceptors (Lipinski definition) is 4. The second-order valence-electron chi connectivity index (χ2n) is 6.21. The molecule has 0 saturated carbocycles. The van der Waals surface area contributed by atoms with Crippen molar-refractivity contribution in [3.63, 3.8) is 0 Å². The molecule has 1 aromatic carbocycles. The van der Waals surface area contributed by atoms with Gasteiger partial charge >= 0.3 is 5.97 Å². The van der Waals surface area contributed by atoms with Crippen molar-refractivity contribution in [2.24, 2.45) is 5.92 Å². The first-order valence-corrected chi connectivity index (χ1v) is 9.31. The molecule has 0 aliphatic carbocycles. The standard InChI is InChI=1S/C18H21ClN2O3S/c1-12(2)10-21(8-7-17(23)24)16(22)9-15-11-25-18(20-15)13-3-5-14(19)6-4-13/h3-6,11-12H,7-10H2,1-2H3,(H,23,24). The number of amides is 1. The van der Waals surface area contributed by atoms with Gasteiger partial charge in [0.2, 0.25) is 5.91 Å². The van der Waals surface area contributed by atoms with E-state index in [1.165, 1.54) is 11.3 Å². The molecule has 5 nitrogen and oxygen atoms in total. The molecule has 0 fully saturated rings. The van der Waals surface area contributed by atoms with Crippen LogP contribution in [0.4, 0.5) is 0 Å². The number of aliphatic carboxylic acids is 1. The van der Waals surface area contributed by atoms with Crippen LogP contribution in [0.2, 0.25) is 5.02 Å². The molecular formula is C18H21ClN2O3S. The van der Waals surface area contributed by atoms with Crippen LogP contribution in [0.25, 0.3) is 10.6 Å². The van der Waals surface area contributed by atoms with Crippen molar-refractivity contribution in [3.05, 3.63) is 40.4 Å². The number of rotatable bonds is 8. The molecular weight excluding hydrogens is 360 g/mol. The Kier molecular flexibility index (Phi) is 6.96. The van der Waals surface area contributed by atoms with Crippen molar-refractivity contribution in [2.75, 3.05) is 13.1 Å². The summed E-state index contributed by atoms with van der Waals surface area (Å²) in [6.45, 7) is 4.77. The predicted molar refractivity (Wildman–Crippen MR) is 99.9 cm³/mol. The molecule has 25 heavy (non-hydrogen) atoms. The summed E-state index contributed by atoms with van der Waals surface area (Å²) in [4.78, 5) is 29.5. The van der Waals surface area contributed by atoms with Gasteiger partial charge in [-0.3, -0.25) is 9.59 Å². The number of hydrogen-bond donors (Lipinski definition) is 1. The smallest absolute Gasteiger partial charge is 0.305 e. The lowest BCUT2D eigenvalue weighted by molar-refractivity contribution is -0.138. The first-order valence-electron chi connectivity index (χ1n) is 8.05. The molecule has 2 aromatic rings. The molecule has 1 heterocycles. The highest BCUT2D eigenvalue weighted by Crippen LogP contribution is 2.25. The normalized spacial score (nSPS) is 10.9. The molecule has 1 amide bonds. The summed E-state index contributed by atoms with van der Waals surface area (Å²) in [5.41, 5.74) is 1.65. The molecule has 7 heteroatoms. The lowest BCUT2D eigenvalue weighted by atomic mass is 10.2. The van der Waals surface area contributed by atoms with Crippen LogP contribution in [0.5, 0.6) is 0 Å². The summed E-state index contributed by atoms with van der Waals surface area (Å²) < 4.78 is 0. The predicted octanol–water partition coefficient (Wildman–Crippen LogP) is 3.97. The van der Waals surface area contributed by atoms with E-state index in [9.17, 15) is 9.59 Å². The van der Waals surface area contributed by atoms with E-state index in [0.717, 1.165) is 10.6 Å². The van der Waals surface area contributed by atoms with Gasteiger partial charge in [0.25, 0.3) is 0 Å². The van der Waals surface area contributed by atoms with E-state index >= 15 is 0 Å². The van der Waals surface area contributed by atoms with E-state index in [-0.39, 0.29) is 31.2 Å². The third kappa shape index (κ3) is 6.14. The molecule has 0 spiro atoms. The van der Waals surface area contributed by atoms with E-state index in [4.69, 9.17) is 16.7 Å². The minimum Gasteiger partial charge on any atom is -0.481 e. The van der Waals surface area contributed by atoms with Crippen molar-refractivity contribution < 1.29 is 14.7 Å². The molecule has 1 N–H and O–H groups in total. The third-order valence-electron chi connectivity index (χ3n) is 3.51. The minimum absolute atomic E-state index is 0.0500. The SMILES string of the molecule is CC(C)CN(CCC(=O)O)C(=O)Cc1csc(-c2ccc(Cl)cc2)n1. The summed E-state index contributed by atoms with van der Waals surface area (Å²) in [6, 6.07) is 7.40. The van der Waals surface area contributed by atoms with Gasteiger partial charge in [0.1, 0.15) is 5.01 Å². The van der Waals surface area contributed by atoms with Crippen molar-refractivity contribution >= 4 is 34.8 Å². The average Bonchev–Trinajstić information content (AvgIpc) is 3.00. The Hall–Kier alpha value is -1.92. The monoisotopic (exact) mass is 380 g/mol. The molecule has 0 aliphatic heterocycles. The molecule has 0 radical (unpaired) electrons. The molecule has 1 aromatic heterocycles. The van der Waals surface area contributed by atoms with E-state index < -0.39 is 5.97 Å². The Labute approximate surface area is 156 Å². The van der Waals surface area contributed by atoms with Gasteiger partial charge in [-0.05, 0) is 18.1 Å². The fraction of sp³-hybridized carbons (Fsp3) is 0.389. The summed E-state index contributed by atoms with van der Waals surface area (Å²) in [5, 5.41) is 12.2. The van der Waals surface area contributed by atoms with Crippen molar-refractivity contribution in [1.82, 2.24) is 9.88 Å². The van der Waals surface area contributed by atoms with Crippen LogP contribution in [-0.2, 0) is 16.0 Å². The van der Waals surface area contributed by atoms with Crippen LogP contribution in [0, 0.1) is 5.92 Å². The van der Waals surface area contributed by atoms with Gasteiger partial charge in [0.05, 0.1) is 18.5 Å². The molecule has 0 saturated heterocycles. The fourth-order valence-corrected chi connectivity index (χ4v) is 3.32. The van der Waals surface area contributed by atoms with Crippen LogP contribution >= 0.6 is 22.9 Å². The second kappa shape index (κ2) is 8.97. The summed E-state index contributed by atoms with van der Waals surface area (Å²) in [5.74, 6) is -0.721. The first kappa shape index (κ1) is 19.4. The maximum Gasteiger partial charge on any atom is 0.305 e. The summed E-state index contributed by atoms with van der Waals surface area (Å²) >= 11 is 7.37. The number of carboxylic acid groups (broad SMARTS) is 1. The number of carbonyl (C=O) groups is 2. The van der Waals surface area contributed by atoms with Gasteiger partial charge in [-0.1, -0.05) is 37.6 Å². The summed E-state index contributed by atoms with van der Waals surface area (Å²) in [6.07, 6.45) is 0.127. The Balaban J connectivity index is 2.04. The number of aromatic nitrogens is 1. The molecule has 2 rings (SSSR count). The van der Waals surface area contributed by atoms with Gasteiger partial charge in [0, 0.05) is 29.1 Å². The van der Waals surface area contributed by atoms with Gasteiger partial charge in [-0.25, -0.2) is 4.98 Å². The van der Waals surface area contributed by atoms with E-state index in [1.807, 2.05) is 31.4 Å². The number of thiazole rings is 1. The Bertz CT molecular complexity index is 728. The lowest BCUT2D eigenvalue weighted by Crippen LogP contribution is -2.37. The maximum absolute atomic E-state index is 12.5. The highest BCUT2D eigenvalue weighted by atomic mass is 35.5. The topological polar surface area (TPSA) is 70.5 Å². The van der Waals surface area contributed by atoms with E-state index in [0.29, 0.717) is 17.3 Å². The number of nitrogens with zero attached hydrogens (tertiary/aromatic N) is 2. The van der Waals surface area contributed by atoms with Crippen LogP contribution in [0.1, 0.15) is 26.0 Å². The zero-order chi connectivity index (χ0) is 18.4. The largest absolute Gasteiger partial charge is 0.481 e. The van der Waals surface area contributed by atoms with Gasteiger partial charge < -0.3 is 10.0 Å². The second-order valence-corrected chi connectivity index (χ2v) is 7.50. The van der Waals surface area contributed by atoms with Gasteiger partial charge in [-0.15, -0.1) is 11.3 Å². The third-order valence-corrected chi connectivity index (χ3v) is 4.70. The zero-order valence-corrected chi connectivity index (χ0v) is 15.8. The fourth-order valence-electron chi connectivity index (χ4n) is 2.37. The van der Waals surface area contributed by atoms with Gasteiger partial charge in [-0.2, -0.15) is 0 Å². The maximum atomic E-state index is 12.5. The minimum atomic E-state index is -0.903. The van der Waals surface area contributed by atoms with Crippen molar-refractivity contribution in [1.29, 1.82) is 0 Å². The number of benzene rings is 1. The van der Waals surface area contributed by atoms with Crippen LogP contribution in [0.15, 0.2) is 29.6 Å². The summed E-state index contributed by atoms with van der Waals surface area (Å²) in [7, 11) is 0. The highest BCUT2D eigenvalue weighted by molar-refractivity contribution is 7.13. The van der Waals surface area contributed by atoms with E-state index in [1.54, 1.807) is 17.0 Å². The van der Waals surface area contributed by atoms with Crippen LogP contribution < -0.4 is 0 Å². The van der Waals surface area contributed by atoms with Crippen LogP contribution in [0.3, 0.4) is 0 Å². The lowest BCUT2D eigenvalue weighted by Gasteiger charge is -2.23. The quantitative estimate of drug-likeness (QED) is 0.752. The Morgan fingerprint density at radius 2 is 1.96 bits per heavy atom. The van der Waals surface area contributed by atoms with Gasteiger partial charge in [0.15, 0.2) is 0 Å². The molecule has 0 unspecified atom stereocenters. The zero-order valence-electron chi connectivity index (χ0n) is 14.2. The van der Waals surface area contributed by atoms with Crippen LogP contribution in [-0.4, -0.2) is 40.0 Å². The van der Waals surface area contributed by atoms with Crippen molar-refractivity contribution in [2.45, 2.75) is 26.7 Å². The number of carboxylic acids is 1. The molecule has 0 aliphatic rings. The molecule has 134 valence electrons. The van der Waals surface area contributed by atoms with Crippen molar-refractivity contribution in [3.8, 4) is 10.6 Å².